The molecule has 20 heavy (non-hydrogen) atoms. The first-order valence-corrected chi connectivity index (χ1v) is 6.52. The lowest BCUT2D eigenvalue weighted by Gasteiger charge is -2.05. The second-order valence-corrected chi connectivity index (χ2v) is 4.79. The van der Waals surface area contributed by atoms with E-state index in [2.05, 4.69) is 0 Å². The fourth-order valence-corrected chi connectivity index (χ4v) is 2.09. The van der Waals surface area contributed by atoms with Gasteiger partial charge in [0, 0.05) is 12.0 Å². The van der Waals surface area contributed by atoms with E-state index in [1.807, 2.05) is 24.3 Å². The summed E-state index contributed by atoms with van der Waals surface area (Å²) in [6.45, 7) is 1.78. The first kappa shape index (κ1) is 14.3. The Morgan fingerprint density at radius 3 is 2.45 bits per heavy atom. The summed E-state index contributed by atoms with van der Waals surface area (Å²) in [5.74, 6) is 0.391. The maximum Gasteiger partial charge on any atom is 0.163 e. The van der Waals surface area contributed by atoms with Crippen molar-refractivity contribution >= 4 is 5.78 Å². The highest BCUT2D eigenvalue weighted by Gasteiger charge is 2.08. The van der Waals surface area contributed by atoms with Crippen molar-refractivity contribution in [2.45, 2.75) is 19.8 Å². The minimum Gasteiger partial charge on any atom is -0.497 e. The van der Waals surface area contributed by atoms with E-state index in [4.69, 9.17) is 4.74 Å². The molecule has 2 rings (SSSR count). The molecule has 0 aliphatic heterocycles. The molecule has 2 aromatic carbocycles. The van der Waals surface area contributed by atoms with Gasteiger partial charge in [0.25, 0.3) is 0 Å². The molecule has 0 aliphatic rings. The van der Waals surface area contributed by atoms with Crippen LogP contribution < -0.4 is 4.74 Å². The molecule has 104 valence electrons. The summed E-state index contributed by atoms with van der Waals surface area (Å²) in [7, 11) is 1.62. The molecule has 0 radical (unpaired) electrons. The molecule has 0 bridgehead atoms. The Morgan fingerprint density at radius 1 is 1.15 bits per heavy atom. The monoisotopic (exact) mass is 272 g/mol. The van der Waals surface area contributed by atoms with Crippen LogP contribution >= 0.6 is 0 Å². The number of benzene rings is 2. The molecule has 0 spiro atoms. The van der Waals surface area contributed by atoms with Gasteiger partial charge in [0.1, 0.15) is 11.6 Å². The molecule has 0 heterocycles. The maximum atomic E-state index is 13.3. The SMILES string of the molecule is COc1ccc(CCC(=O)c2cc(C)cc(F)c2)cc1. The molecule has 0 N–H and O–H groups in total. The van der Waals surface area contributed by atoms with Crippen LogP contribution in [0.4, 0.5) is 4.39 Å². The van der Waals surface area contributed by atoms with Crippen LogP contribution in [-0.2, 0) is 6.42 Å². The van der Waals surface area contributed by atoms with E-state index in [9.17, 15) is 9.18 Å². The van der Waals surface area contributed by atoms with Gasteiger partial charge in [-0.1, -0.05) is 12.1 Å². The number of aryl methyl sites for hydroxylation is 2. The molecule has 2 aromatic rings. The Morgan fingerprint density at radius 2 is 1.85 bits per heavy atom. The lowest BCUT2D eigenvalue weighted by atomic mass is 10.0. The Hall–Kier alpha value is -2.16. The lowest BCUT2D eigenvalue weighted by molar-refractivity contribution is 0.0982. The molecule has 0 atom stereocenters. The van der Waals surface area contributed by atoms with Crippen molar-refractivity contribution in [1.82, 2.24) is 0 Å². The molecule has 0 unspecified atom stereocenters. The van der Waals surface area contributed by atoms with E-state index in [0.717, 1.165) is 16.9 Å². The number of rotatable bonds is 5. The summed E-state index contributed by atoms with van der Waals surface area (Å²) in [5, 5.41) is 0. The average molecular weight is 272 g/mol. The van der Waals surface area contributed by atoms with Gasteiger partial charge in [-0.05, 0) is 54.8 Å². The summed E-state index contributed by atoms with van der Waals surface area (Å²) in [6.07, 6.45) is 1.01. The van der Waals surface area contributed by atoms with Gasteiger partial charge in [0.15, 0.2) is 5.78 Å². The Labute approximate surface area is 118 Å². The topological polar surface area (TPSA) is 26.3 Å². The minimum atomic E-state index is -0.363. The van der Waals surface area contributed by atoms with Crippen molar-refractivity contribution in [2.24, 2.45) is 0 Å². The van der Waals surface area contributed by atoms with Crippen LogP contribution in [0.25, 0.3) is 0 Å². The van der Waals surface area contributed by atoms with Gasteiger partial charge in [-0.15, -0.1) is 0 Å². The second kappa shape index (κ2) is 6.33. The standard InChI is InChI=1S/C17H17FO2/c1-12-9-14(11-15(18)10-12)17(19)8-5-13-3-6-16(20-2)7-4-13/h3-4,6-7,9-11H,5,8H2,1-2H3. The highest BCUT2D eigenvalue weighted by molar-refractivity contribution is 5.96. The number of halogens is 1. The molecule has 0 aliphatic carbocycles. The summed E-state index contributed by atoms with van der Waals surface area (Å²) in [4.78, 5) is 12.1. The molecule has 0 saturated heterocycles. The Balaban J connectivity index is 2.00. The van der Waals surface area contributed by atoms with Crippen LogP contribution in [0.15, 0.2) is 42.5 Å². The van der Waals surface area contributed by atoms with Crippen molar-refractivity contribution in [1.29, 1.82) is 0 Å². The summed E-state index contributed by atoms with van der Waals surface area (Å²) in [5.41, 5.74) is 2.26. The first-order valence-electron chi connectivity index (χ1n) is 6.52. The van der Waals surface area contributed by atoms with Gasteiger partial charge < -0.3 is 4.74 Å². The van der Waals surface area contributed by atoms with E-state index >= 15 is 0 Å². The average Bonchev–Trinajstić information content (AvgIpc) is 2.44. The number of carbonyl (C=O) groups is 1. The quantitative estimate of drug-likeness (QED) is 0.770. The van der Waals surface area contributed by atoms with Crippen LogP contribution in [-0.4, -0.2) is 12.9 Å². The smallest absolute Gasteiger partial charge is 0.163 e. The number of ketones is 1. The van der Waals surface area contributed by atoms with Gasteiger partial charge in [-0.25, -0.2) is 4.39 Å². The van der Waals surface area contributed by atoms with E-state index in [1.54, 1.807) is 20.1 Å². The maximum absolute atomic E-state index is 13.3. The summed E-state index contributed by atoms with van der Waals surface area (Å²) < 4.78 is 18.4. The first-order chi connectivity index (χ1) is 9.58. The Kier molecular flexibility index (Phi) is 4.51. The van der Waals surface area contributed by atoms with Crippen LogP contribution in [0.2, 0.25) is 0 Å². The van der Waals surface area contributed by atoms with E-state index in [0.29, 0.717) is 18.4 Å². The van der Waals surface area contributed by atoms with Crippen molar-refractivity contribution in [2.75, 3.05) is 7.11 Å². The fraction of sp³-hybridized carbons (Fsp3) is 0.235. The van der Waals surface area contributed by atoms with Crippen LogP contribution in [0.5, 0.6) is 5.75 Å². The minimum absolute atomic E-state index is 0.0385. The van der Waals surface area contributed by atoms with E-state index in [-0.39, 0.29) is 11.6 Å². The van der Waals surface area contributed by atoms with E-state index in [1.165, 1.54) is 12.1 Å². The molecule has 0 aromatic heterocycles. The van der Waals surface area contributed by atoms with E-state index < -0.39 is 0 Å². The summed E-state index contributed by atoms with van der Waals surface area (Å²) in [6, 6.07) is 12.0. The molecule has 0 saturated carbocycles. The van der Waals surface area contributed by atoms with Crippen LogP contribution in [0.1, 0.15) is 27.9 Å². The van der Waals surface area contributed by atoms with Crippen LogP contribution in [0.3, 0.4) is 0 Å². The molecule has 2 nitrogen and oxygen atoms in total. The normalized spacial score (nSPS) is 10.3. The molecular formula is C17H17FO2. The van der Waals surface area contributed by atoms with Crippen molar-refractivity contribution in [3.63, 3.8) is 0 Å². The van der Waals surface area contributed by atoms with Crippen molar-refractivity contribution in [3.8, 4) is 5.75 Å². The van der Waals surface area contributed by atoms with Crippen LogP contribution in [0, 0.1) is 12.7 Å². The number of methoxy groups -OCH3 is 1. The molecular weight excluding hydrogens is 255 g/mol. The summed E-state index contributed by atoms with van der Waals surface area (Å²) >= 11 is 0. The second-order valence-electron chi connectivity index (χ2n) is 4.79. The largest absolute Gasteiger partial charge is 0.497 e. The number of hydrogen-bond acceptors (Lipinski definition) is 2. The van der Waals surface area contributed by atoms with Crippen molar-refractivity contribution < 1.29 is 13.9 Å². The molecule has 3 heteroatoms. The van der Waals surface area contributed by atoms with Gasteiger partial charge in [0.05, 0.1) is 7.11 Å². The van der Waals surface area contributed by atoms with Gasteiger partial charge in [-0.3, -0.25) is 4.79 Å². The highest BCUT2D eigenvalue weighted by Crippen LogP contribution is 2.15. The number of Topliss-reactive ketones (excluding diaryl/α,β-unsaturated/α-hetero) is 1. The zero-order valence-corrected chi connectivity index (χ0v) is 11.7. The third-order valence-corrected chi connectivity index (χ3v) is 3.16. The molecule has 0 amide bonds. The zero-order valence-electron chi connectivity index (χ0n) is 11.7. The van der Waals surface area contributed by atoms with Gasteiger partial charge >= 0.3 is 0 Å². The molecule has 0 fully saturated rings. The van der Waals surface area contributed by atoms with Crippen molar-refractivity contribution in [3.05, 3.63) is 65.0 Å². The lowest BCUT2D eigenvalue weighted by Crippen LogP contribution is -2.02. The predicted molar refractivity (Wildman–Crippen MR) is 76.8 cm³/mol. The fourth-order valence-electron chi connectivity index (χ4n) is 2.09. The third kappa shape index (κ3) is 3.67. The Bertz CT molecular complexity index is 583. The predicted octanol–water partition coefficient (Wildman–Crippen LogP) is 3.96. The number of hydrogen-bond donors (Lipinski definition) is 0. The van der Waals surface area contributed by atoms with Gasteiger partial charge in [-0.2, -0.15) is 0 Å². The number of carbonyl (C=O) groups excluding carboxylic acids is 1. The highest BCUT2D eigenvalue weighted by atomic mass is 19.1. The zero-order chi connectivity index (χ0) is 14.5. The van der Waals surface area contributed by atoms with Gasteiger partial charge in [0.2, 0.25) is 0 Å². The number of ether oxygens (including phenoxy) is 1. The third-order valence-electron chi connectivity index (χ3n) is 3.16.